The molecule has 6 heteroatoms. The van der Waals surface area contributed by atoms with Crippen LogP contribution in [0.1, 0.15) is 36.5 Å². The van der Waals surface area contributed by atoms with E-state index in [0.29, 0.717) is 30.8 Å². The zero-order valence-corrected chi connectivity index (χ0v) is 16.7. The molecule has 2 aromatic rings. The van der Waals surface area contributed by atoms with Crippen molar-refractivity contribution >= 4 is 11.8 Å². The van der Waals surface area contributed by atoms with Gasteiger partial charge in [-0.15, -0.1) is 0 Å². The van der Waals surface area contributed by atoms with Crippen LogP contribution in [0.25, 0.3) is 11.1 Å². The fourth-order valence-corrected chi connectivity index (χ4v) is 3.49. The van der Waals surface area contributed by atoms with Crippen LogP contribution in [0, 0.1) is 0 Å². The Balaban J connectivity index is 1.80. The van der Waals surface area contributed by atoms with Crippen LogP contribution in [0.2, 0.25) is 0 Å². The Morgan fingerprint density at radius 3 is 2.61 bits per heavy atom. The maximum absolute atomic E-state index is 13.1. The monoisotopic (exact) mass is 381 g/mol. The third-order valence-corrected chi connectivity index (χ3v) is 5.22. The molecule has 2 amide bonds. The van der Waals surface area contributed by atoms with Crippen molar-refractivity contribution < 1.29 is 14.3 Å². The number of piperazine rings is 1. The van der Waals surface area contributed by atoms with Crippen LogP contribution in [0.5, 0.6) is 5.75 Å². The first-order valence-corrected chi connectivity index (χ1v) is 9.70. The zero-order valence-electron chi connectivity index (χ0n) is 16.7. The number of rotatable bonds is 6. The van der Waals surface area contributed by atoms with Gasteiger partial charge in [-0.2, -0.15) is 0 Å². The van der Waals surface area contributed by atoms with Crippen molar-refractivity contribution in [2.45, 2.75) is 32.2 Å². The van der Waals surface area contributed by atoms with Crippen molar-refractivity contribution in [2.24, 2.45) is 0 Å². The molecule has 0 radical (unpaired) electrons. The van der Waals surface area contributed by atoms with Gasteiger partial charge in [-0.3, -0.25) is 14.6 Å². The molecule has 2 heterocycles. The number of nitrogens with zero attached hydrogens (tertiary/aromatic N) is 3. The average Bonchev–Trinajstić information content (AvgIpc) is 2.74. The smallest absolute Gasteiger partial charge is 0.254 e. The second-order valence-electron chi connectivity index (χ2n) is 7.11. The van der Waals surface area contributed by atoms with Gasteiger partial charge in [0.2, 0.25) is 5.91 Å². The highest BCUT2D eigenvalue weighted by Gasteiger charge is 2.35. The summed E-state index contributed by atoms with van der Waals surface area (Å²) in [6.07, 6.45) is 6.05. The second-order valence-corrected chi connectivity index (χ2v) is 7.11. The Labute approximate surface area is 166 Å². The fourth-order valence-electron chi connectivity index (χ4n) is 3.49. The predicted molar refractivity (Wildman–Crippen MR) is 108 cm³/mol. The summed E-state index contributed by atoms with van der Waals surface area (Å²) in [5, 5.41) is 0. The van der Waals surface area contributed by atoms with Gasteiger partial charge in [0.05, 0.1) is 13.3 Å². The number of aromatic nitrogens is 1. The van der Waals surface area contributed by atoms with Crippen LogP contribution in [0.15, 0.2) is 42.7 Å². The lowest BCUT2D eigenvalue weighted by Crippen LogP contribution is -2.57. The summed E-state index contributed by atoms with van der Waals surface area (Å²) in [5.74, 6) is 0.636. The minimum Gasteiger partial charge on any atom is -0.495 e. The standard InChI is InChI=1S/C22H27N3O3/c1-4-5-6-20-22(27)24(2)11-12-25(20)21(26)17-9-7-16(8-10-17)18-13-19(28-3)15-23-14-18/h7-10,13-15,20H,4-6,11-12H2,1-3H3/t20-/m1/s1. The number of ether oxygens (including phenoxy) is 1. The van der Waals surface area contributed by atoms with Gasteiger partial charge in [0.1, 0.15) is 11.8 Å². The molecule has 0 aliphatic carbocycles. The molecule has 1 aliphatic rings. The molecule has 148 valence electrons. The maximum Gasteiger partial charge on any atom is 0.254 e. The quantitative estimate of drug-likeness (QED) is 0.771. The van der Waals surface area contributed by atoms with Crippen molar-refractivity contribution in [1.29, 1.82) is 0 Å². The first-order valence-electron chi connectivity index (χ1n) is 9.70. The molecule has 0 N–H and O–H groups in total. The highest BCUT2D eigenvalue weighted by Crippen LogP contribution is 2.24. The van der Waals surface area contributed by atoms with E-state index in [1.165, 1.54) is 0 Å². The van der Waals surface area contributed by atoms with Crippen LogP contribution in [-0.4, -0.2) is 59.9 Å². The van der Waals surface area contributed by atoms with E-state index in [-0.39, 0.29) is 17.9 Å². The zero-order chi connectivity index (χ0) is 20.1. The number of unbranched alkanes of at least 4 members (excludes halogenated alkanes) is 1. The van der Waals surface area contributed by atoms with E-state index >= 15 is 0 Å². The molecule has 0 saturated carbocycles. The van der Waals surface area contributed by atoms with Gasteiger partial charge < -0.3 is 14.5 Å². The number of benzene rings is 1. The van der Waals surface area contributed by atoms with Gasteiger partial charge in [0.15, 0.2) is 0 Å². The van der Waals surface area contributed by atoms with Crippen LogP contribution < -0.4 is 4.74 Å². The lowest BCUT2D eigenvalue weighted by Gasteiger charge is -2.39. The van der Waals surface area contributed by atoms with Gasteiger partial charge in [0, 0.05) is 37.5 Å². The highest BCUT2D eigenvalue weighted by atomic mass is 16.5. The second kappa shape index (κ2) is 8.87. The molecule has 1 aliphatic heterocycles. The number of amides is 2. The number of carbonyl (C=O) groups excluding carboxylic acids is 2. The fraction of sp³-hybridized carbons (Fsp3) is 0.409. The summed E-state index contributed by atoms with van der Waals surface area (Å²) in [4.78, 5) is 33.3. The topological polar surface area (TPSA) is 62.7 Å². The van der Waals surface area contributed by atoms with Gasteiger partial charge in [0.25, 0.3) is 5.91 Å². The first kappa shape index (κ1) is 19.9. The van der Waals surface area contributed by atoms with Crippen molar-refractivity contribution in [3.05, 3.63) is 48.3 Å². The minimum atomic E-state index is -0.367. The average molecular weight is 381 g/mol. The molecule has 3 rings (SSSR count). The highest BCUT2D eigenvalue weighted by molar-refractivity contribution is 5.98. The minimum absolute atomic E-state index is 0.0344. The van der Waals surface area contributed by atoms with Crippen LogP contribution in [0.3, 0.4) is 0 Å². The Morgan fingerprint density at radius 1 is 1.18 bits per heavy atom. The van der Waals surface area contributed by atoms with Gasteiger partial charge in [-0.05, 0) is 30.2 Å². The number of likely N-dealkylation sites (N-methyl/N-ethyl adjacent to an activating group) is 1. The maximum atomic E-state index is 13.1. The number of carbonyl (C=O) groups is 2. The lowest BCUT2D eigenvalue weighted by atomic mass is 10.0. The van der Waals surface area contributed by atoms with Crippen molar-refractivity contribution in [2.75, 3.05) is 27.2 Å². The molecule has 0 bridgehead atoms. The van der Waals surface area contributed by atoms with E-state index in [9.17, 15) is 9.59 Å². The molecule has 0 spiro atoms. The molecular formula is C22H27N3O3. The Hall–Kier alpha value is -2.89. The Bertz CT molecular complexity index is 835. The van der Waals surface area contributed by atoms with Gasteiger partial charge in [-0.25, -0.2) is 0 Å². The van der Waals surface area contributed by atoms with E-state index < -0.39 is 0 Å². The molecule has 1 atom stereocenters. The summed E-state index contributed by atoms with van der Waals surface area (Å²) in [6, 6.07) is 8.98. The van der Waals surface area contributed by atoms with Crippen molar-refractivity contribution in [1.82, 2.24) is 14.8 Å². The van der Waals surface area contributed by atoms with E-state index in [2.05, 4.69) is 11.9 Å². The number of hydrogen-bond acceptors (Lipinski definition) is 4. The number of hydrogen-bond donors (Lipinski definition) is 0. The number of methoxy groups -OCH3 is 1. The first-order chi connectivity index (χ1) is 13.5. The van der Waals surface area contributed by atoms with E-state index in [4.69, 9.17) is 4.74 Å². The summed E-state index contributed by atoms with van der Waals surface area (Å²) in [7, 11) is 3.41. The molecule has 1 aromatic carbocycles. The van der Waals surface area contributed by atoms with E-state index in [0.717, 1.165) is 24.0 Å². The summed E-state index contributed by atoms with van der Waals surface area (Å²) in [5.41, 5.74) is 2.48. The third kappa shape index (κ3) is 4.16. The normalized spacial score (nSPS) is 17.0. The van der Waals surface area contributed by atoms with Gasteiger partial charge in [-0.1, -0.05) is 31.9 Å². The molecule has 28 heavy (non-hydrogen) atoms. The largest absolute Gasteiger partial charge is 0.495 e. The third-order valence-electron chi connectivity index (χ3n) is 5.22. The van der Waals surface area contributed by atoms with E-state index in [1.807, 2.05) is 30.3 Å². The molecular weight excluding hydrogens is 354 g/mol. The predicted octanol–water partition coefficient (Wildman–Crippen LogP) is 3.23. The molecule has 0 unspecified atom stereocenters. The van der Waals surface area contributed by atoms with Crippen molar-refractivity contribution in [3.63, 3.8) is 0 Å². The molecule has 6 nitrogen and oxygen atoms in total. The van der Waals surface area contributed by atoms with Crippen LogP contribution >= 0.6 is 0 Å². The Morgan fingerprint density at radius 2 is 1.93 bits per heavy atom. The van der Waals surface area contributed by atoms with Crippen LogP contribution in [-0.2, 0) is 4.79 Å². The molecule has 1 saturated heterocycles. The van der Waals surface area contributed by atoms with Crippen LogP contribution in [0.4, 0.5) is 0 Å². The summed E-state index contributed by atoms with van der Waals surface area (Å²) in [6.45, 7) is 3.23. The lowest BCUT2D eigenvalue weighted by molar-refractivity contribution is -0.138. The summed E-state index contributed by atoms with van der Waals surface area (Å²) < 4.78 is 5.22. The van der Waals surface area contributed by atoms with E-state index in [1.54, 1.807) is 36.4 Å². The van der Waals surface area contributed by atoms with Crippen molar-refractivity contribution in [3.8, 4) is 16.9 Å². The number of pyridine rings is 1. The molecule has 1 fully saturated rings. The van der Waals surface area contributed by atoms with Gasteiger partial charge >= 0.3 is 0 Å². The molecule has 1 aromatic heterocycles. The summed E-state index contributed by atoms with van der Waals surface area (Å²) >= 11 is 0. The SMILES string of the molecule is CCCC[C@@H]1C(=O)N(C)CCN1C(=O)c1ccc(-c2cncc(OC)c2)cc1. The Kier molecular flexibility index (Phi) is 6.29.